The summed E-state index contributed by atoms with van der Waals surface area (Å²) >= 11 is 1.33. The summed E-state index contributed by atoms with van der Waals surface area (Å²) in [6, 6.07) is 32.8. The molecule has 0 unspecified atom stereocenters. The summed E-state index contributed by atoms with van der Waals surface area (Å²) in [5.41, 5.74) is 3.16. The number of hydrogen-bond donors (Lipinski definition) is 0. The van der Waals surface area contributed by atoms with Gasteiger partial charge in [-0.05, 0) is 65.9 Å². The molecule has 6 heteroatoms. The van der Waals surface area contributed by atoms with Crippen molar-refractivity contribution in [2.24, 2.45) is 4.99 Å². The van der Waals surface area contributed by atoms with Gasteiger partial charge >= 0.3 is 0 Å². The number of benzene rings is 4. The van der Waals surface area contributed by atoms with Crippen molar-refractivity contribution in [1.29, 1.82) is 0 Å². The van der Waals surface area contributed by atoms with Gasteiger partial charge in [0.1, 0.15) is 18.2 Å². The lowest BCUT2D eigenvalue weighted by Gasteiger charge is -2.15. The molecule has 0 N–H and O–H groups in total. The van der Waals surface area contributed by atoms with Crippen molar-refractivity contribution in [3.8, 4) is 5.75 Å². The largest absolute Gasteiger partial charge is 0.488 e. The Morgan fingerprint density at radius 1 is 0.829 bits per heavy atom. The van der Waals surface area contributed by atoms with E-state index in [9.17, 15) is 9.18 Å². The second-order valence-electron chi connectivity index (χ2n) is 7.77. The molecule has 35 heavy (non-hydrogen) atoms. The zero-order valence-corrected chi connectivity index (χ0v) is 19.5. The summed E-state index contributed by atoms with van der Waals surface area (Å²) in [7, 11) is 0. The number of para-hydroxylation sites is 3. The van der Waals surface area contributed by atoms with Crippen LogP contribution in [0, 0.1) is 5.82 Å². The molecule has 0 aromatic heterocycles. The predicted octanol–water partition coefficient (Wildman–Crippen LogP) is 7.21. The zero-order chi connectivity index (χ0) is 24.0. The first-order valence-corrected chi connectivity index (χ1v) is 11.9. The minimum absolute atomic E-state index is 0.149. The molecule has 5 rings (SSSR count). The van der Waals surface area contributed by atoms with Crippen molar-refractivity contribution in [2.45, 2.75) is 6.61 Å². The molecule has 4 aromatic rings. The Morgan fingerprint density at radius 2 is 1.49 bits per heavy atom. The van der Waals surface area contributed by atoms with Crippen LogP contribution in [0.15, 0.2) is 119 Å². The molecule has 0 radical (unpaired) electrons. The summed E-state index contributed by atoms with van der Waals surface area (Å²) in [6.07, 6.45) is 1.83. The number of ether oxygens (including phenoxy) is 1. The molecule has 1 aliphatic heterocycles. The summed E-state index contributed by atoms with van der Waals surface area (Å²) in [5, 5.41) is 0.586. The maximum atomic E-state index is 13.5. The number of halogens is 1. The van der Waals surface area contributed by atoms with Crippen LogP contribution in [0.2, 0.25) is 0 Å². The van der Waals surface area contributed by atoms with Crippen LogP contribution in [-0.2, 0) is 11.4 Å². The van der Waals surface area contributed by atoms with E-state index >= 15 is 0 Å². The van der Waals surface area contributed by atoms with Gasteiger partial charge < -0.3 is 4.74 Å². The quantitative estimate of drug-likeness (QED) is 0.274. The third-order valence-corrected chi connectivity index (χ3v) is 6.28. The van der Waals surface area contributed by atoms with Crippen molar-refractivity contribution in [3.63, 3.8) is 0 Å². The molecule has 1 fully saturated rings. The fourth-order valence-corrected chi connectivity index (χ4v) is 4.57. The molecule has 1 saturated heterocycles. The summed E-state index contributed by atoms with van der Waals surface area (Å²) in [4.78, 5) is 20.4. The number of amidine groups is 1. The van der Waals surface area contributed by atoms with Crippen LogP contribution in [0.3, 0.4) is 0 Å². The Kier molecular flexibility index (Phi) is 6.73. The van der Waals surface area contributed by atoms with Gasteiger partial charge in [0.2, 0.25) is 0 Å². The Bertz CT molecular complexity index is 1390. The Balaban J connectivity index is 1.46. The summed E-state index contributed by atoms with van der Waals surface area (Å²) < 4.78 is 19.2. The highest BCUT2D eigenvalue weighted by Crippen LogP contribution is 2.38. The maximum Gasteiger partial charge on any atom is 0.271 e. The smallest absolute Gasteiger partial charge is 0.271 e. The van der Waals surface area contributed by atoms with E-state index in [0.717, 1.165) is 22.5 Å². The predicted molar refractivity (Wildman–Crippen MR) is 140 cm³/mol. The normalized spacial score (nSPS) is 15.7. The number of thioether (sulfide) groups is 1. The van der Waals surface area contributed by atoms with Crippen LogP contribution < -0.4 is 9.64 Å². The number of anilines is 1. The van der Waals surface area contributed by atoms with Gasteiger partial charge in [0.05, 0.1) is 16.3 Å². The standard InChI is InChI=1S/C29H21FN2O2S/c30-23-17-15-21(16-18-23)20-34-26-14-8-7-9-22(26)19-27-28(33)32(25-12-5-2-6-13-25)29(35-27)31-24-10-3-1-4-11-24/h1-19H,20H2/b27-19+,31-29?. The average molecular weight is 481 g/mol. The monoisotopic (exact) mass is 480 g/mol. The number of amides is 1. The fourth-order valence-electron chi connectivity index (χ4n) is 3.58. The molecular formula is C29H21FN2O2S. The van der Waals surface area contributed by atoms with Gasteiger partial charge in [-0.25, -0.2) is 9.38 Å². The van der Waals surface area contributed by atoms with Crippen LogP contribution in [0.25, 0.3) is 6.08 Å². The van der Waals surface area contributed by atoms with Gasteiger partial charge in [-0.15, -0.1) is 0 Å². The van der Waals surface area contributed by atoms with Crippen LogP contribution in [0.4, 0.5) is 15.8 Å². The molecule has 0 spiro atoms. The lowest BCUT2D eigenvalue weighted by Crippen LogP contribution is -2.28. The van der Waals surface area contributed by atoms with E-state index in [1.54, 1.807) is 17.0 Å². The number of nitrogens with zero attached hydrogens (tertiary/aromatic N) is 2. The van der Waals surface area contributed by atoms with E-state index in [0.29, 0.717) is 22.4 Å². The van der Waals surface area contributed by atoms with Crippen LogP contribution >= 0.6 is 11.8 Å². The topological polar surface area (TPSA) is 41.9 Å². The minimum Gasteiger partial charge on any atom is -0.488 e. The minimum atomic E-state index is -0.286. The van der Waals surface area contributed by atoms with E-state index in [2.05, 4.69) is 0 Å². The molecule has 4 aromatic carbocycles. The average Bonchev–Trinajstić information content (AvgIpc) is 3.19. The first-order valence-electron chi connectivity index (χ1n) is 11.1. The van der Waals surface area contributed by atoms with Gasteiger partial charge in [0, 0.05) is 5.56 Å². The van der Waals surface area contributed by atoms with Gasteiger partial charge in [-0.3, -0.25) is 9.69 Å². The van der Waals surface area contributed by atoms with E-state index in [1.165, 1.54) is 23.9 Å². The number of hydrogen-bond acceptors (Lipinski definition) is 4. The Labute approximate surface area is 207 Å². The molecule has 0 aliphatic carbocycles. The van der Waals surface area contributed by atoms with Crippen molar-refractivity contribution in [2.75, 3.05) is 4.90 Å². The fraction of sp³-hybridized carbons (Fsp3) is 0.0345. The van der Waals surface area contributed by atoms with Gasteiger partial charge in [-0.1, -0.05) is 66.7 Å². The molecule has 0 saturated carbocycles. The first kappa shape index (κ1) is 22.6. The Morgan fingerprint density at radius 3 is 2.23 bits per heavy atom. The van der Waals surface area contributed by atoms with Gasteiger partial charge in [-0.2, -0.15) is 0 Å². The molecular weight excluding hydrogens is 459 g/mol. The maximum absolute atomic E-state index is 13.5. The van der Waals surface area contributed by atoms with Gasteiger partial charge in [0.25, 0.3) is 5.91 Å². The SMILES string of the molecule is O=C1/C(=C\c2ccccc2OCc2ccc(F)cc2)SC(=Nc2ccccc2)N1c1ccccc1. The number of rotatable bonds is 6. The van der Waals surface area contributed by atoms with E-state index < -0.39 is 0 Å². The lowest BCUT2D eigenvalue weighted by atomic mass is 10.1. The van der Waals surface area contributed by atoms with Crippen LogP contribution in [0.1, 0.15) is 11.1 Å². The van der Waals surface area contributed by atoms with E-state index in [1.807, 2.05) is 91.0 Å². The number of aliphatic imine (C=N–C) groups is 1. The number of carbonyl (C=O) groups is 1. The molecule has 1 amide bonds. The second kappa shape index (κ2) is 10.4. The first-order chi connectivity index (χ1) is 17.2. The molecule has 4 nitrogen and oxygen atoms in total. The van der Waals surface area contributed by atoms with Gasteiger partial charge in [0.15, 0.2) is 5.17 Å². The van der Waals surface area contributed by atoms with Crippen LogP contribution in [-0.4, -0.2) is 11.1 Å². The highest BCUT2D eigenvalue weighted by Gasteiger charge is 2.34. The molecule has 0 bridgehead atoms. The van der Waals surface area contributed by atoms with Crippen molar-refractivity contribution < 1.29 is 13.9 Å². The van der Waals surface area contributed by atoms with Crippen molar-refractivity contribution >= 4 is 40.3 Å². The molecule has 0 atom stereocenters. The van der Waals surface area contributed by atoms with Crippen molar-refractivity contribution in [1.82, 2.24) is 0 Å². The van der Waals surface area contributed by atoms with Crippen LogP contribution in [0.5, 0.6) is 5.75 Å². The van der Waals surface area contributed by atoms with E-state index in [4.69, 9.17) is 9.73 Å². The second-order valence-corrected chi connectivity index (χ2v) is 8.78. The molecule has 172 valence electrons. The highest BCUT2D eigenvalue weighted by atomic mass is 32.2. The lowest BCUT2D eigenvalue weighted by molar-refractivity contribution is -0.113. The summed E-state index contributed by atoms with van der Waals surface area (Å²) in [5.74, 6) is 0.202. The van der Waals surface area contributed by atoms with Crippen molar-refractivity contribution in [3.05, 3.63) is 131 Å². The zero-order valence-electron chi connectivity index (χ0n) is 18.7. The number of carbonyl (C=O) groups excluding carboxylic acids is 1. The third-order valence-electron chi connectivity index (χ3n) is 5.31. The molecule has 1 heterocycles. The highest BCUT2D eigenvalue weighted by molar-refractivity contribution is 8.19. The summed E-state index contributed by atoms with van der Waals surface area (Å²) in [6.45, 7) is 0.290. The molecule has 1 aliphatic rings. The van der Waals surface area contributed by atoms with E-state index in [-0.39, 0.29) is 11.7 Å². The Hall–Kier alpha value is -4.16. The third kappa shape index (κ3) is 5.34.